The Morgan fingerprint density at radius 1 is 1.15 bits per heavy atom. The minimum atomic E-state index is -0.689. The van der Waals surface area contributed by atoms with Gasteiger partial charge in [-0.25, -0.2) is 0 Å². The highest BCUT2D eigenvalue weighted by Crippen LogP contribution is 2.12. The van der Waals surface area contributed by atoms with E-state index in [1.165, 1.54) is 4.57 Å². The van der Waals surface area contributed by atoms with E-state index >= 15 is 0 Å². The molecule has 0 fully saturated rings. The highest BCUT2D eigenvalue weighted by Gasteiger charge is 2.11. The summed E-state index contributed by atoms with van der Waals surface area (Å²) >= 11 is 0. The number of para-hydroxylation sites is 1. The molecule has 1 aromatic heterocycles. The number of likely N-dealkylation sites (N-methyl/N-ethyl adjacent to an activating group) is 1. The van der Waals surface area contributed by atoms with Crippen LogP contribution in [0.2, 0.25) is 0 Å². The summed E-state index contributed by atoms with van der Waals surface area (Å²) in [7, 11) is 1.96. The second-order valence-corrected chi connectivity index (χ2v) is 6.25. The van der Waals surface area contributed by atoms with Gasteiger partial charge in [-0.3, -0.25) is 14.4 Å². The molecule has 0 spiro atoms. The lowest BCUT2D eigenvalue weighted by Gasteiger charge is -2.19. The van der Waals surface area contributed by atoms with E-state index in [0.717, 1.165) is 5.69 Å². The molecule has 0 radical (unpaired) electrons. The van der Waals surface area contributed by atoms with E-state index in [4.69, 9.17) is 0 Å². The van der Waals surface area contributed by atoms with Gasteiger partial charge in [-0.05, 0) is 37.3 Å². The fourth-order valence-corrected chi connectivity index (χ4v) is 2.99. The molecule has 7 nitrogen and oxygen atoms in total. The number of carbonyl (C=O) groups excluding carboxylic acids is 1. The largest absolute Gasteiger partial charge is 0.373 e. The van der Waals surface area contributed by atoms with E-state index in [0.29, 0.717) is 36.2 Å². The molecule has 0 saturated carbocycles. The Balaban J connectivity index is 1.72. The zero-order chi connectivity index (χ0) is 19.4. The summed E-state index contributed by atoms with van der Waals surface area (Å²) in [5.41, 5.74) is 1.30. The maximum Gasteiger partial charge on any atom is 0.316 e. The molecule has 140 valence electrons. The molecule has 0 bridgehead atoms. The second-order valence-electron chi connectivity index (χ2n) is 6.25. The Kier molecular flexibility index (Phi) is 5.40. The number of amides is 1. The molecule has 3 rings (SSSR count). The van der Waals surface area contributed by atoms with Crippen molar-refractivity contribution in [1.82, 2.24) is 14.9 Å². The molecule has 0 aliphatic carbocycles. The van der Waals surface area contributed by atoms with Crippen LogP contribution in [0.1, 0.15) is 17.3 Å². The smallest absolute Gasteiger partial charge is 0.316 e. The topological polar surface area (TPSA) is 87.2 Å². The second kappa shape index (κ2) is 7.90. The molecule has 2 N–H and O–H groups in total. The predicted molar refractivity (Wildman–Crippen MR) is 107 cm³/mol. The molecule has 1 heterocycles. The van der Waals surface area contributed by atoms with Crippen LogP contribution in [0, 0.1) is 0 Å². The van der Waals surface area contributed by atoms with Crippen LogP contribution in [0.3, 0.4) is 0 Å². The zero-order valence-electron chi connectivity index (χ0n) is 15.4. The minimum absolute atomic E-state index is 0.228. The Hall–Kier alpha value is -3.35. The van der Waals surface area contributed by atoms with Gasteiger partial charge >= 0.3 is 11.1 Å². The average molecular weight is 366 g/mol. The van der Waals surface area contributed by atoms with Crippen molar-refractivity contribution in [2.24, 2.45) is 0 Å². The number of aromatic amines is 1. The number of rotatable bonds is 6. The van der Waals surface area contributed by atoms with E-state index in [1.54, 1.807) is 25.1 Å². The third-order valence-electron chi connectivity index (χ3n) is 4.48. The van der Waals surface area contributed by atoms with Gasteiger partial charge in [-0.1, -0.05) is 18.2 Å². The monoisotopic (exact) mass is 366 g/mol. The fourth-order valence-electron chi connectivity index (χ4n) is 2.99. The van der Waals surface area contributed by atoms with Crippen molar-refractivity contribution in [1.29, 1.82) is 0 Å². The standard InChI is InChI=1S/C20H22N4O3/c1-3-24-17-10-9-14(13-16(17)22-19(26)20(24)27)18(25)21-11-12-23(2)15-7-5-4-6-8-15/h4-10,13H,3,11-12H2,1-2H3,(H,21,25)(H,22,26). The van der Waals surface area contributed by atoms with Crippen molar-refractivity contribution in [3.63, 3.8) is 0 Å². The lowest BCUT2D eigenvalue weighted by molar-refractivity contribution is 0.0955. The van der Waals surface area contributed by atoms with Crippen LogP contribution in [0.5, 0.6) is 0 Å². The molecule has 0 atom stereocenters. The average Bonchev–Trinajstić information content (AvgIpc) is 2.69. The van der Waals surface area contributed by atoms with Gasteiger partial charge in [0.15, 0.2) is 0 Å². The number of aromatic nitrogens is 2. The van der Waals surface area contributed by atoms with Crippen LogP contribution in [-0.4, -0.2) is 35.6 Å². The first-order valence-corrected chi connectivity index (χ1v) is 8.82. The van der Waals surface area contributed by atoms with Gasteiger partial charge in [0.1, 0.15) is 0 Å². The molecule has 1 amide bonds. The van der Waals surface area contributed by atoms with E-state index in [-0.39, 0.29) is 5.91 Å². The highest BCUT2D eigenvalue weighted by molar-refractivity contribution is 5.97. The summed E-state index contributed by atoms with van der Waals surface area (Å²) in [5.74, 6) is -0.228. The molecule has 0 saturated heterocycles. The molecule has 7 heteroatoms. The van der Waals surface area contributed by atoms with Crippen LogP contribution >= 0.6 is 0 Å². The van der Waals surface area contributed by atoms with Crippen molar-refractivity contribution in [2.45, 2.75) is 13.5 Å². The molecule has 0 aliphatic heterocycles. The van der Waals surface area contributed by atoms with Crippen molar-refractivity contribution < 1.29 is 4.79 Å². The first kappa shape index (κ1) is 18.4. The van der Waals surface area contributed by atoms with Crippen molar-refractivity contribution in [3.8, 4) is 0 Å². The van der Waals surface area contributed by atoms with Gasteiger partial charge < -0.3 is 19.8 Å². The van der Waals surface area contributed by atoms with Crippen LogP contribution in [0.4, 0.5) is 5.69 Å². The first-order chi connectivity index (χ1) is 13.0. The molecular formula is C20H22N4O3. The maximum atomic E-state index is 12.4. The number of hydrogen-bond donors (Lipinski definition) is 2. The molecular weight excluding hydrogens is 344 g/mol. The number of fused-ring (bicyclic) bond motifs is 1. The third kappa shape index (κ3) is 3.92. The normalized spacial score (nSPS) is 10.7. The Morgan fingerprint density at radius 2 is 1.89 bits per heavy atom. The number of carbonyl (C=O) groups is 1. The molecule has 2 aromatic carbocycles. The summed E-state index contributed by atoms with van der Waals surface area (Å²) in [6.07, 6.45) is 0. The highest BCUT2D eigenvalue weighted by atomic mass is 16.2. The third-order valence-corrected chi connectivity index (χ3v) is 4.48. The molecule has 3 aromatic rings. The van der Waals surface area contributed by atoms with E-state index < -0.39 is 11.1 Å². The van der Waals surface area contributed by atoms with E-state index in [2.05, 4.69) is 15.2 Å². The number of benzene rings is 2. The lowest BCUT2D eigenvalue weighted by atomic mass is 10.1. The van der Waals surface area contributed by atoms with Gasteiger partial charge in [-0.15, -0.1) is 0 Å². The SMILES string of the molecule is CCn1c(=O)c(=O)[nH]c2cc(C(=O)NCCN(C)c3ccccc3)ccc21. The quantitative estimate of drug-likeness (QED) is 0.649. The van der Waals surface area contributed by atoms with Crippen molar-refractivity contribution >= 4 is 22.6 Å². The summed E-state index contributed by atoms with van der Waals surface area (Å²) in [6, 6.07) is 14.8. The number of anilines is 1. The number of nitrogens with zero attached hydrogens (tertiary/aromatic N) is 2. The number of H-pyrrole nitrogens is 1. The van der Waals surface area contributed by atoms with Crippen LogP contribution in [-0.2, 0) is 6.54 Å². The minimum Gasteiger partial charge on any atom is -0.373 e. The zero-order valence-corrected chi connectivity index (χ0v) is 15.4. The van der Waals surface area contributed by atoms with Gasteiger partial charge in [-0.2, -0.15) is 0 Å². The first-order valence-electron chi connectivity index (χ1n) is 8.82. The van der Waals surface area contributed by atoms with E-state index in [9.17, 15) is 14.4 Å². The van der Waals surface area contributed by atoms with Crippen LogP contribution in [0.25, 0.3) is 11.0 Å². The summed E-state index contributed by atoms with van der Waals surface area (Å²) in [4.78, 5) is 40.7. The van der Waals surface area contributed by atoms with Crippen molar-refractivity contribution in [2.75, 3.05) is 25.0 Å². The van der Waals surface area contributed by atoms with Gasteiger partial charge in [0, 0.05) is 37.9 Å². The number of nitrogens with one attached hydrogen (secondary N) is 2. The molecule has 27 heavy (non-hydrogen) atoms. The van der Waals surface area contributed by atoms with Crippen LogP contribution < -0.4 is 21.3 Å². The van der Waals surface area contributed by atoms with Gasteiger partial charge in [0.2, 0.25) is 0 Å². The summed E-state index contributed by atoms with van der Waals surface area (Å²) < 4.78 is 1.39. The molecule has 0 unspecified atom stereocenters. The maximum absolute atomic E-state index is 12.4. The number of aryl methyl sites for hydroxylation is 1. The Labute approximate surface area is 156 Å². The Morgan fingerprint density at radius 3 is 2.59 bits per heavy atom. The van der Waals surface area contributed by atoms with E-state index in [1.807, 2.05) is 37.4 Å². The molecule has 0 aliphatic rings. The number of hydrogen-bond acceptors (Lipinski definition) is 4. The van der Waals surface area contributed by atoms with Crippen molar-refractivity contribution in [3.05, 3.63) is 74.8 Å². The Bertz CT molecular complexity index is 1070. The lowest BCUT2D eigenvalue weighted by Crippen LogP contribution is -2.36. The summed E-state index contributed by atoms with van der Waals surface area (Å²) in [6.45, 7) is 3.32. The van der Waals surface area contributed by atoms with Crippen LogP contribution in [0.15, 0.2) is 58.1 Å². The predicted octanol–water partition coefficient (Wildman–Crippen LogP) is 1.58. The fraction of sp³-hybridized carbons (Fsp3) is 0.250. The van der Waals surface area contributed by atoms with Gasteiger partial charge in [0.05, 0.1) is 11.0 Å². The summed E-state index contributed by atoms with van der Waals surface area (Å²) in [5, 5.41) is 2.88. The van der Waals surface area contributed by atoms with Gasteiger partial charge in [0.25, 0.3) is 5.91 Å².